The minimum absolute atomic E-state index is 0.0563. The summed E-state index contributed by atoms with van der Waals surface area (Å²) >= 11 is 0. The maximum absolute atomic E-state index is 12.1. The van der Waals surface area contributed by atoms with E-state index in [1.165, 1.54) is 20.0 Å². The number of fused-ring (bicyclic) bond motifs is 1. The second kappa shape index (κ2) is 7.91. The van der Waals surface area contributed by atoms with E-state index in [0.29, 0.717) is 12.3 Å². The molecular weight excluding hydrogens is 344 g/mol. The summed E-state index contributed by atoms with van der Waals surface area (Å²) in [5.74, 6) is 1.29. The molecule has 1 saturated carbocycles. The normalized spacial score (nSPS) is 20.2. The Balaban J connectivity index is 1.64. The molecule has 1 aliphatic carbocycles. The average Bonchev–Trinajstić information content (AvgIpc) is 3.42. The molecule has 1 fully saturated rings. The Morgan fingerprint density at radius 2 is 1.93 bits per heavy atom. The summed E-state index contributed by atoms with van der Waals surface area (Å²) in [5, 5.41) is 0. The lowest BCUT2D eigenvalue weighted by atomic mass is 9.87. The number of esters is 2. The van der Waals surface area contributed by atoms with Crippen molar-refractivity contribution in [2.45, 2.75) is 71.0 Å². The second-order valence-corrected chi connectivity index (χ2v) is 8.68. The lowest BCUT2D eigenvalue weighted by Crippen LogP contribution is -2.34. The highest BCUT2D eigenvalue weighted by Gasteiger charge is 2.40. The monoisotopic (exact) mass is 374 g/mol. The average molecular weight is 374 g/mol. The summed E-state index contributed by atoms with van der Waals surface area (Å²) in [6.07, 6.45) is 4.87. The van der Waals surface area contributed by atoms with Crippen LogP contribution in [0.4, 0.5) is 0 Å². The molecule has 0 spiro atoms. The largest absolute Gasteiger partial charge is 0.490 e. The lowest BCUT2D eigenvalue weighted by molar-refractivity contribution is -0.154. The third kappa shape index (κ3) is 5.47. The van der Waals surface area contributed by atoms with Crippen LogP contribution in [0, 0.1) is 11.8 Å². The van der Waals surface area contributed by atoms with E-state index in [9.17, 15) is 9.59 Å². The van der Waals surface area contributed by atoms with Crippen LogP contribution in [0.1, 0.15) is 57.6 Å². The zero-order chi connectivity index (χ0) is 19.6. The highest BCUT2D eigenvalue weighted by atomic mass is 16.6. The Bertz CT molecular complexity index is 699. The van der Waals surface area contributed by atoms with Crippen LogP contribution in [-0.4, -0.2) is 30.8 Å². The standard InChI is InChI=1S/C22H30O5/c1-22(2,3)27-21(24)12-14-5-9-18-16(11-14)8-10-19(26-18)17(15-6-7-15)13-20(23)25-4/h5,9,11,15,17,19H,6-8,10,12-13H2,1-4H3/t17-,19+/m0/s1. The Hall–Kier alpha value is -2.04. The molecule has 1 aliphatic heterocycles. The first-order chi connectivity index (χ1) is 12.7. The molecule has 5 heteroatoms. The third-order valence-electron chi connectivity index (χ3n) is 5.21. The number of ether oxygens (including phenoxy) is 3. The van der Waals surface area contributed by atoms with Crippen LogP contribution >= 0.6 is 0 Å². The van der Waals surface area contributed by atoms with Gasteiger partial charge in [0.15, 0.2) is 0 Å². The second-order valence-electron chi connectivity index (χ2n) is 8.68. The Labute approximate surface area is 161 Å². The van der Waals surface area contributed by atoms with Crippen molar-refractivity contribution < 1.29 is 23.8 Å². The SMILES string of the molecule is COC(=O)C[C@@H](C1CC1)[C@H]1CCc2cc(CC(=O)OC(C)(C)C)ccc2O1. The van der Waals surface area contributed by atoms with Crippen LogP contribution in [0.3, 0.4) is 0 Å². The fourth-order valence-corrected chi connectivity index (χ4v) is 3.82. The van der Waals surface area contributed by atoms with Crippen LogP contribution in [0.25, 0.3) is 0 Å². The van der Waals surface area contributed by atoms with E-state index in [4.69, 9.17) is 14.2 Å². The highest BCUT2D eigenvalue weighted by molar-refractivity contribution is 5.73. The van der Waals surface area contributed by atoms with Crippen molar-refractivity contribution in [3.05, 3.63) is 29.3 Å². The summed E-state index contributed by atoms with van der Waals surface area (Å²) < 4.78 is 16.5. The molecule has 0 amide bonds. The van der Waals surface area contributed by atoms with Crippen molar-refractivity contribution in [1.29, 1.82) is 0 Å². The number of carbonyl (C=O) groups excluding carboxylic acids is 2. The van der Waals surface area contributed by atoms with Crippen molar-refractivity contribution in [1.82, 2.24) is 0 Å². The molecular formula is C22H30O5. The van der Waals surface area contributed by atoms with Gasteiger partial charge in [0.1, 0.15) is 17.5 Å². The first-order valence-corrected chi connectivity index (χ1v) is 9.82. The van der Waals surface area contributed by atoms with Gasteiger partial charge in [-0.1, -0.05) is 12.1 Å². The minimum Gasteiger partial charge on any atom is -0.490 e. The van der Waals surface area contributed by atoms with E-state index in [2.05, 4.69) is 0 Å². The number of benzene rings is 1. The van der Waals surface area contributed by atoms with E-state index in [0.717, 1.165) is 29.7 Å². The Morgan fingerprint density at radius 3 is 2.56 bits per heavy atom. The summed E-state index contributed by atoms with van der Waals surface area (Å²) in [6.45, 7) is 5.61. The first-order valence-electron chi connectivity index (χ1n) is 9.82. The molecule has 1 aromatic carbocycles. The third-order valence-corrected chi connectivity index (χ3v) is 5.21. The molecule has 27 heavy (non-hydrogen) atoms. The predicted molar refractivity (Wildman–Crippen MR) is 102 cm³/mol. The topological polar surface area (TPSA) is 61.8 Å². The maximum atomic E-state index is 12.1. The van der Waals surface area contributed by atoms with Crippen LogP contribution in [-0.2, 0) is 31.9 Å². The van der Waals surface area contributed by atoms with Crippen molar-refractivity contribution in [3.8, 4) is 5.75 Å². The summed E-state index contributed by atoms with van der Waals surface area (Å²) in [6, 6.07) is 5.92. The minimum atomic E-state index is -0.473. The molecule has 0 unspecified atom stereocenters. The van der Waals surface area contributed by atoms with Gasteiger partial charge in [-0.3, -0.25) is 9.59 Å². The lowest BCUT2D eigenvalue weighted by Gasteiger charge is -2.32. The van der Waals surface area contributed by atoms with Crippen molar-refractivity contribution in [2.24, 2.45) is 11.8 Å². The van der Waals surface area contributed by atoms with Crippen molar-refractivity contribution >= 4 is 11.9 Å². The molecule has 1 heterocycles. The first kappa shape index (κ1) is 19.7. The summed E-state index contributed by atoms with van der Waals surface area (Å²) in [7, 11) is 1.44. The molecule has 5 nitrogen and oxygen atoms in total. The molecule has 0 N–H and O–H groups in total. The van der Waals surface area contributed by atoms with Gasteiger partial charge in [-0.2, -0.15) is 0 Å². The quantitative estimate of drug-likeness (QED) is 0.708. The van der Waals surface area contributed by atoms with Gasteiger partial charge in [0.2, 0.25) is 0 Å². The van der Waals surface area contributed by atoms with Crippen LogP contribution < -0.4 is 4.74 Å². The van der Waals surface area contributed by atoms with Crippen LogP contribution in [0.15, 0.2) is 18.2 Å². The fourth-order valence-electron chi connectivity index (χ4n) is 3.82. The van der Waals surface area contributed by atoms with E-state index in [-0.39, 0.29) is 30.4 Å². The van der Waals surface area contributed by atoms with E-state index in [1.54, 1.807) is 0 Å². The number of rotatable bonds is 6. The molecule has 3 rings (SSSR count). The van der Waals surface area contributed by atoms with Crippen molar-refractivity contribution in [2.75, 3.05) is 7.11 Å². The van der Waals surface area contributed by atoms with E-state index < -0.39 is 5.60 Å². The Kier molecular flexibility index (Phi) is 5.78. The van der Waals surface area contributed by atoms with Gasteiger partial charge in [-0.25, -0.2) is 0 Å². The van der Waals surface area contributed by atoms with Gasteiger partial charge in [-0.15, -0.1) is 0 Å². The predicted octanol–water partition coefficient (Wildman–Crippen LogP) is 3.85. The number of aryl methyl sites for hydroxylation is 1. The van der Waals surface area contributed by atoms with Gasteiger partial charge in [0.25, 0.3) is 0 Å². The zero-order valence-electron chi connectivity index (χ0n) is 16.7. The van der Waals surface area contributed by atoms with Crippen molar-refractivity contribution in [3.63, 3.8) is 0 Å². The van der Waals surface area contributed by atoms with Gasteiger partial charge >= 0.3 is 11.9 Å². The maximum Gasteiger partial charge on any atom is 0.310 e. The molecule has 0 aromatic heterocycles. The molecule has 0 bridgehead atoms. The number of hydrogen-bond donors (Lipinski definition) is 0. The van der Waals surface area contributed by atoms with Gasteiger partial charge in [0, 0.05) is 5.92 Å². The molecule has 0 saturated heterocycles. The molecule has 0 radical (unpaired) electrons. The van der Waals surface area contributed by atoms with Gasteiger partial charge < -0.3 is 14.2 Å². The Morgan fingerprint density at radius 1 is 1.19 bits per heavy atom. The zero-order valence-corrected chi connectivity index (χ0v) is 16.7. The molecule has 2 aliphatic rings. The molecule has 148 valence electrons. The highest BCUT2D eigenvalue weighted by Crippen LogP contribution is 2.44. The number of carbonyl (C=O) groups is 2. The van der Waals surface area contributed by atoms with E-state index in [1.807, 2.05) is 39.0 Å². The van der Waals surface area contributed by atoms with Crippen LogP contribution in [0.2, 0.25) is 0 Å². The van der Waals surface area contributed by atoms with Gasteiger partial charge in [0.05, 0.1) is 20.0 Å². The smallest absolute Gasteiger partial charge is 0.310 e. The summed E-state index contributed by atoms with van der Waals surface area (Å²) in [5.41, 5.74) is 1.59. The number of hydrogen-bond acceptors (Lipinski definition) is 5. The summed E-state index contributed by atoms with van der Waals surface area (Å²) in [4.78, 5) is 23.8. The molecule has 1 aromatic rings. The number of methoxy groups -OCH3 is 1. The van der Waals surface area contributed by atoms with Gasteiger partial charge in [-0.05, 0) is 69.6 Å². The fraction of sp³-hybridized carbons (Fsp3) is 0.636. The molecule has 2 atom stereocenters. The van der Waals surface area contributed by atoms with Crippen LogP contribution in [0.5, 0.6) is 5.75 Å². The van der Waals surface area contributed by atoms with E-state index >= 15 is 0 Å².